The van der Waals surface area contributed by atoms with E-state index in [1.807, 2.05) is 48.9 Å². The van der Waals surface area contributed by atoms with E-state index in [9.17, 15) is 4.79 Å². The minimum absolute atomic E-state index is 0.164. The maximum Gasteiger partial charge on any atom is 0.227 e. The second kappa shape index (κ2) is 8.60. The Labute approximate surface area is 162 Å². The van der Waals surface area contributed by atoms with Crippen molar-refractivity contribution in [2.45, 2.75) is 51.0 Å². The van der Waals surface area contributed by atoms with Crippen molar-refractivity contribution in [3.05, 3.63) is 66.6 Å². The van der Waals surface area contributed by atoms with Gasteiger partial charge in [-0.1, -0.05) is 49.6 Å². The van der Waals surface area contributed by atoms with Crippen molar-refractivity contribution in [1.82, 2.24) is 4.90 Å². The molecule has 1 aliphatic heterocycles. The standard InChI is InChI=1S/C24H28NO2/c26-24(17-19-9-3-1-4-10-19)25-16-8-15-23(25)20-11-7-14-22(18-20)27-21-12-5-2-6-13-21/h2,5-7,11-14,17-19,23H,1,3-4,8-10,15-16H2/t23-/m0/s1. The van der Waals surface area contributed by atoms with Crippen LogP contribution in [0.15, 0.2) is 54.6 Å². The minimum atomic E-state index is 0.164. The van der Waals surface area contributed by atoms with Gasteiger partial charge in [-0.05, 0) is 61.4 Å². The maximum absolute atomic E-state index is 12.9. The molecule has 2 aliphatic rings. The van der Waals surface area contributed by atoms with E-state index in [1.54, 1.807) is 0 Å². The number of para-hydroxylation sites is 1. The Balaban J connectivity index is 1.45. The summed E-state index contributed by atoms with van der Waals surface area (Å²) in [4.78, 5) is 15.0. The van der Waals surface area contributed by atoms with E-state index in [0.717, 1.165) is 30.9 Å². The fourth-order valence-electron chi connectivity index (χ4n) is 4.39. The summed E-state index contributed by atoms with van der Waals surface area (Å²) in [6.45, 7) is 0.858. The van der Waals surface area contributed by atoms with E-state index in [-0.39, 0.29) is 11.9 Å². The zero-order valence-electron chi connectivity index (χ0n) is 15.8. The van der Waals surface area contributed by atoms with E-state index in [0.29, 0.717) is 5.92 Å². The van der Waals surface area contributed by atoms with Crippen LogP contribution < -0.4 is 4.74 Å². The molecule has 2 aromatic carbocycles. The Hall–Kier alpha value is -2.29. The molecular formula is C24H28NO2. The van der Waals surface area contributed by atoms with Crippen LogP contribution in [0, 0.1) is 12.3 Å². The number of ether oxygens (including phenoxy) is 1. The van der Waals surface area contributed by atoms with Crippen molar-refractivity contribution in [1.29, 1.82) is 0 Å². The molecule has 0 bridgehead atoms. The fourth-order valence-corrected chi connectivity index (χ4v) is 4.39. The Bertz CT molecular complexity index is 752. The smallest absolute Gasteiger partial charge is 0.227 e. The van der Waals surface area contributed by atoms with Crippen molar-refractivity contribution < 1.29 is 9.53 Å². The van der Waals surface area contributed by atoms with Crippen LogP contribution in [0.1, 0.15) is 56.6 Å². The van der Waals surface area contributed by atoms with Gasteiger partial charge in [-0.25, -0.2) is 0 Å². The van der Waals surface area contributed by atoms with Crippen LogP contribution in [-0.4, -0.2) is 17.4 Å². The molecule has 1 saturated heterocycles. The molecule has 2 fully saturated rings. The molecule has 1 radical (unpaired) electrons. The minimum Gasteiger partial charge on any atom is -0.457 e. The van der Waals surface area contributed by atoms with Gasteiger partial charge in [-0.15, -0.1) is 0 Å². The Morgan fingerprint density at radius 2 is 1.67 bits per heavy atom. The predicted octanol–water partition coefficient (Wildman–Crippen LogP) is 5.93. The summed E-state index contributed by atoms with van der Waals surface area (Å²) in [5.74, 6) is 2.35. The van der Waals surface area contributed by atoms with E-state index in [4.69, 9.17) is 4.74 Å². The highest BCUT2D eigenvalue weighted by Gasteiger charge is 2.31. The molecule has 1 aliphatic carbocycles. The number of carbonyl (C=O) groups excluding carboxylic acids is 1. The van der Waals surface area contributed by atoms with Crippen molar-refractivity contribution >= 4 is 5.91 Å². The van der Waals surface area contributed by atoms with Gasteiger partial charge in [-0.2, -0.15) is 0 Å². The number of rotatable bonds is 5. The molecule has 0 N–H and O–H groups in total. The van der Waals surface area contributed by atoms with E-state index < -0.39 is 0 Å². The fraction of sp³-hybridized carbons (Fsp3) is 0.417. The summed E-state index contributed by atoms with van der Waals surface area (Å²) in [5.41, 5.74) is 1.17. The van der Waals surface area contributed by atoms with E-state index >= 15 is 0 Å². The lowest BCUT2D eigenvalue weighted by Crippen LogP contribution is -2.32. The number of carbonyl (C=O) groups is 1. The van der Waals surface area contributed by atoms with Gasteiger partial charge in [0.25, 0.3) is 0 Å². The topological polar surface area (TPSA) is 29.5 Å². The quantitative estimate of drug-likeness (QED) is 0.660. The molecule has 3 nitrogen and oxygen atoms in total. The van der Waals surface area contributed by atoms with Crippen LogP contribution in [0.4, 0.5) is 0 Å². The average Bonchev–Trinajstić information content (AvgIpc) is 3.20. The molecule has 1 saturated carbocycles. The molecular weight excluding hydrogens is 334 g/mol. The monoisotopic (exact) mass is 362 g/mol. The highest BCUT2D eigenvalue weighted by atomic mass is 16.5. The first-order valence-corrected chi connectivity index (χ1v) is 10.3. The van der Waals surface area contributed by atoms with Gasteiger partial charge in [-0.3, -0.25) is 4.79 Å². The lowest BCUT2D eigenvalue weighted by atomic mass is 9.86. The lowest BCUT2D eigenvalue weighted by Gasteiger charge is -2.28. The largest absolute Gasteiger partial charge is 0.457 e. The number of likely N-dealkylation sites (tertiary alicyclic amines) is 1. The first kappa shape index (κ1) is 18.1. The molecule has 0 spiro atoms. The molecule has 1 atom stereocenters. The first-order chi connectivity index (χ1) is 13.3. The Kier molecular flexibility index (Phi) is 5.76. The van der Waals surface area contributed by atoms with Crippen LogP contribution in [0.5, 0.6) is 11.5 Å². The van der Waals surface area contributed by atoms with Crippen LogP contribution in [0.3, 0.4) is 0 Å². The third kappa shape index (κ3) is 4.52. The molecule has 2 aromatic rings. The van der Waals surface area contributed by atoms with Gasteiger partial charge < -0.3 is 9.64 Å². The number of benzene rings is 2. The zero-order chi connectivity index (χ0) is 18.5. The second-order valence-corrected chi connectivity index (χ2v) is 7.74. The average molecular weight is 362 g/mol. The van der Waals surface area contributed by atoms with Crippen molar-refractivity contribution in [2.24, 2.45) is 5.92 Å². The summed E-state index contributed by atoms with van der Waals surface area (Å²) >= 11 is 0. The van der Waals surface area contributed by atoms with Crippen molar-refractivity contribution in [3.8, 4) is 11.5 Å². The van der Waals surface area contributed by atoms with Crippen LogP contribution in [-0.2, 0) is 4.79 Å². The molecule has 4 rings (SSSR count). The number of amides is 1. The van der Waals surface area contributed by atoms with Gasteiger partial charge in [0.1, 0.15) is 11.5 Å². The van der Waals surface area contributed by atoms with Crippen LogP contribution in [0.2, 0.25) is 0 Å². The summed E-state index contributed by atoms with van der Waals surface area (Å²) in [5, 5.41) is 0. The summed E-state index contributed by atoms with van der Waals surface area (Å²) in [7, 11) is 0. The third-order valence-electron chi connectivity index (χ3n) is 5.79. The van der Waals surface area contributed by atoms with Gasteiger partial charge in [0.2, 0.25) is 5.91 Å². The highest BCUT2D eigenvalue weighted by Crippen LogP contribution is 2.36. The zero-order valence-corrected chi connectivity index (χ0v) is 15.8. The lowest BCUT2D eigenvalue weighted by molar-refractivity contribution is -0.129. The molecule has 141 valence electrons. The van der Waals surface area contributed by atoms with Gasteiger partial charge in [0.15, 0.2) is 0 Å². The molecule has 1 amide bonds. The summed E-state index contributed by atoms with van der Waals surface area (Å²) in [6, 6.07) is 18.2. The molecule has 0 unspecified atom stereocenters. The molecule has 0 aromatic heterocycles. The SMILES string of the molecule is O=C([CH]C1CCCCC1)N1CCC[C@H]1c1cccc(Oc2ccccc2)c1. The summed E-state index contributed by atoms with van der Waals surface area (Å²) in [6.07, 6.45) is 10.3. The van der Waals surface area contributed by atoms with Crippen molar-refractivity contribution in [2.75, 3.05) is 6.54 Å². The number of hydrogen-bond donors (Lipinski definition) is 0. The van der Waals surface area contributed by atoms with E-state index in [2.05, 4.69) is 17.0 Å². The molecule has 1 heterocycles. The summed E-state index contributed by atoms with van der Waals surface area (Å²) < 4.78 is 5.98. The normalized spacial score (nSPS) is 20.6. The molecule has 27 heavy (non-hydrogen) atoms. The highest BCUT2D eigenvalue weighted by molar-refractivity contribution is 5.85. The van der Waals surface area contributed by atoms with Gasteiger partial charge >= 0.3 is 0 Å². The van der Waals surface area contributed by atoms with Gasteiger partial charge in [0, 0.05) is 6.54 Å². The van der Waals surface area contributed by atoms with Crippen molar-refractivity contribution in [3.63, 3.8) is 0 Å². The number of nitrogens with zero attached hydrogens (tertiary/aromatic N) is 1. The van der Waals surface area contributed by atoms with Crippen LogP contribution >= 0.6 is 0 Å². The van der Waals surface area contributed by atoms with E-state index in [1.165, 1.54) is 37.7 Å². The Morgan fingerprint density at radius 3 is 2.48 bits per heavy atom. The first-order valence-electron chi connectivity index (χ1n) is 10.3. The van der Waals surface area contributed by atoms with Crippen LogP contribution in [0.25, 0.3) is 0 Å². The second-order valence-electron chi connectivity index (χ2n) is 7.74. The molecule has 3 heteroatoms. The third-order valence-corrected chi connectivity index (χ3v) is 5.79. The predicted molar refractivity (Wildman–Crippen MR) is 108 cm³/mol. The van der Waals surface area contributed by atoms with Gasteiger partial charge in [0.05, 0.1) is 12.5 Å². The maximum atomic E-state index is 12.9. The number of hydrogen-bond acceptors (Lipinski definition) is 2. The Morgan fingerprint density at radius 1 is 0.889 bits per heavy atom.